The van der Waals surface area contributed by atoms with Crippen molar-refractivity contribution in [1.29, 1.82) is 0 Å². The maximum Gasteiger partial charge on any atom is 0.307 e. The van der Waals surface area contributed by atoms with Crippen molar-refractivity contribution < 1.29 is 14.7 Å². The molecule has 1 heterocycles. The molecule has 2 aromatic rings. The first-order valence-electron chi connectivity index (χ1n) is 7.80. The molecule has 2 N–H and O–H groups in total. The topological polar surface area (TPSA) is 79.3 Å². The lowest BCUT2D eigenvalue weighted by Gasteiger charge is -2.26. The maximum absolute atomic E-state index is 12.5. The molecule has 2 unspecified atom stereocenters. The number of carboxylic acids is 1. The molecule has 126 valence electrons. The number of aliphatic carboxylic acids is 1. The first kappa shape index (κ1) is 17.1. The van der Waals surface area contributed by atoms with Crippen LogP contribution in [0.1, 0.15) is 25.7 Å². The van der Waals surface area contributed by atoms with Crippen LogP contribution < -0.4 is 5.32 Å². The largest absolute Gasteiger partial charge is 0.481 e. The van der Waals surface area contributed by atoms with Crippen LogP contribution in [0.3, 0.4) is 0 Å². The number of amides is 1. The van der Waals surface area contributed by atoms with Crippen LogP contribution in [0, 0.1) is 11.8 Å². The minimum Gasteiger partial charge on any atom is -0.481 e. The number of halogens is 1. The van der Waals surface area contributed by atoms with Crippen LogP contribution >= 0.6 is 27.3 Å². The molecular formula is C17H17BrN2O3S. The molecule has 0 aliphatic heterocycles. The highest BCUT2D eigenvalue weighted by Crippen LogP contribution is 2.32. The summed E-state index contributed by atoms with van der Waals surface area (Å²) in [7, 11) is 0. The predicted octanol–water partition coefficient (Wildman–Crippen LogP) is 4.40. The number of carboxylic acid groups (broad SMARTS) is 1. The number of carbonyl (C=O) groups is 2. The van der Waals surface area contributed by atoms with Crippen molar-refractivity contribution in [3.05, 3.63) is 34.1 Å². The van der Waals surface area contributed by atoms with E-state index < -0.39 is 17.8 Å². The van der Waals surface area contributed by atoms with E-state index in [2.05, 4.69) is 26.2 Å². The number of anilines is 1. The summed E-state index contributed by atoms with van der Waals surface area (Å²) in [6.07, 6.45) is 2.94. The van der Waals surface area contributed by atoms with E-state index in [1.807, 2.05) is 29.6 Å². The molecule has 1 aliphatic carbocycles. The van der Waals surface area contributed by atoms with Gasteiger partial charge in [-0.2, -0.15) is 0 Å². The molecule has 0 spiro atoms. The number of aromatic nitrogens is 1. The molecule has 0 bridgehead atoms. The highest BCUT2D eigenvalue weighted by atomic mass is 79.9. The van der Waals surface area contributed by atoms with Gasteiger partial charge in [-0.05, 0) is 25.0 Å². The number of carbonyl (C=O) groups excluding carboxylic acids is 1. The molecule has 1 amide bonds. The van der Waals surface area contributed by atoms with E-state index in [0.29, 0.717) is 18.0 Å². The predicted molar refractivity (Wildman–Crippen MR) is 97.0 cm³/mol. The number of rotatable bonds is 4. The second-order valence-corrected chi connectivity index (χ2v) is 7.64. The van der Waals surface area contributed by atoms with Gasteiger partial charge in [0.25, 0.3) is 0 Å². The molecule has 1 aromatic heterocycles. The van der Waals surface area contributed by atoms with Crippen molar-refractivity contribution >= 4 is 44.3 Å². The Morgan fingerprint density at radius 3 is 2.50 bits per heavy atom. The van der Waals surface area contributed by atoms with Crippen molar-refractivity contribution in [2.45, 2.75) is 25.7 Å². The quantitative estimate of drug-likeness (QED) is 0.785. The van der Waals surface area contributed by atoms with E-state index in [-0.39, 0.29) is 5.91 Å². The summed E-state index contributed by atoms with van der Waals surface area (Å²) in [6.45, 7) is 0. The lowest BCUT2D eigenvalue weighted by atomic mass is 9.79. The number of benzene rings is 1. The fourth-order valence-electron chi connectivity index (χ4n) is 3.02. The zero-order valence-electron chi connectivity index (χ0n) is 12.9. The molecule has 7 heteroatoms. The third-order valence-corrected chi connectivity index (χ3v) is 5.58. The van der Waals surface area contributed by atoms with Gasteiger partial charge in [0.05, 0.1) is 17.5 Å². The Labute approximate surface area is 152 Å². The van der Waals surface area contributed by atoms with Crippen LogP contribution in [0.5, 0.6) is 0 Å². The number of thiazole rings is 1. The van der Waals surface area contributed by atoms with Crippen molar-refractivity contribution in [2.24, 2.45) is 11.8 Å². The van der Waals surface area contributed by atoms with Gasteiger partial charge in [0.1, 0.15) is 0 Å². The van der Waals surface area contributed by atoms with E-state index in [1.165, 1.54) is 11.3 Å². The lowest BCUT2D eigenvalue weighted by Crippen LogP contribution is -2.36. The maximum atomic E-state index is 12.5. The van der Waals surface area contributed by atoms with Crippen LogP contribution in [0.2, 0.25) is 0 Å². The van der Waals surface area contributed by atoms with Crippen LogP contribution in [0.25, 0.3) is 11.3 Å². The number of hydrogen-bond acceptors (Lipinski definition) is 4. The highest BCUT2D eigenvalue weighted by molar-refractivity contribution is 9.10. The van der Waals surface area contributed by atoms with Crippen LogP contribution in [0.15, 0.2) is 34.1 Å². The van der Waals surface area contributed by atoms with E-state index in [0.717, 1.165) is 28.6 Å². The molecule has 1 aromatic carbocycles. The Kier molecular flexibility index (Phi) is 5.30. The molecule has 24 heavy (non-hydrogen) atoms. The summed E-state index contributed by atoms with van der Waals surface area (Å²) in [5.74, 6) is -2.19. The van der Waals surface area contributed by atoms with Crippen molar-refractivity contribution in [3.63, 3.8) is 0 Å². The number of hydrogen-bond donors (Lipinski definition) is 2. The Bertz CT molecular complexity index is 745. The third kappa shape index (κ3) is 3.84. The minimum absolute atomic E-state index is 0.237. The van der Waals surface area contributed by atoms with Crippen molar-refractivity contribution in [1.82, 2.24) is 4.98 Å². The van der Waals surface area contributed by atoms with Gasteiger partial charge >= 0.3 is 5.97 Å². The normalized spacial score (nSPS) is 20.5. The molecule has 5 nitrogen and oxygen atoms in total. The van der Waals surface area contributed by atoms with Gasteiger partial charge in [-0.3, -0.25) is 9.59 Å². The smallest absolute Gasteiger partial charge is 0.307 e. The summed E-state index contributed by atoms with van der Waals surface area (Å²) in [5.41, 5.74) is 1.76. The molecule has 1 saturated carbocycles. The van der Waals surface area contributed by atoms with E-state index >= 15 is 0 Å². The molecule has 1 fully saturated rings. The lowest BCUT2D eigenvalue weighted by molar-refractivity contribution is -0.147. The zero-order valence-corrected chi connectivity index (χ0v) is 15.3. The fraction of sp³-hybridized carbons (Fsp3) is 0.353. The first-order valence-corrected chi connectivity index (χ1v) is 9.47. The third-order valence-electron chi connectivity index (χ3n) is 4.29. The average molecular weight is 409 g/mol. The fourth-order valence-corrected chi connectivity index (χ4v) is 4.01. The molecule has 3 rings (SSSR count). The summed E-state index contributed by atoms with van der Waals surface area (Å²) in [6, 6.07) is 7.78. The molecule has 2 atom stereocenters. The first-order chi connectivity index (χ1) is 11.5. The van der Waals surface area contributed by atoms with Gasteiger partial charge in [0, 0.05) is 15.4 Å². The van der Waals surface area contributed by atoms with Gasteiger partial charge in [-0.15, -0.1) is 11.3 Å². The minimum atomic E-state index is -0.885. The SMILES string of the molecule is O=C(O)C1CCCCC1C(=O)Nc1nc(-c2ccc(Br)cc2)cs1. The highest BCUT2D eigenvalue weighted by Gasteiger charge is 2.35. The Morgan fingerprint density at radius 1 is 1.17 bits per heavy atom. The number of nitrogens with zero attached hydrogens (tertiary/aromatic N) is 1. The second kappa shape index (κ2) is 7.44. The van der Waals surface area contributed by atoms with Gasteiger partial charge in [-0.1, -0.05) is 40.9 Å². The molecule has 0 radical (unpaired) electrons. The van der Waals surface area contributed by atoms with Crippen LogP contribution in [-0.4, -0.2) is 22.0 Å². The second-order valence-electron chi connectivity index (χ2n) is 5.87. The summed E-state index contributed by atoms with van der Waals surface area (Å²) < 4.78 is 0.993. The van der Waals surface area contributed by atoms with Gasteiger partial charge in [-0.25, -0.2) is 4.98 Å². The molecule has 0 saturated heterocycles. The van der Waals surface area contributed by atoms with Crippen LogP contribution in [-0.2, 0) is 9.59 Å². The number of nitrogens with one attached hydrogen (secondary N) is 1. The standard InChI is InChI=1S/C17H17BrN2O3S/c18-11-7-5-10(6-8-11)14-9-24-17(19-14)20-15(21)12-3-1-2-4-13(12)16(22)23/h5-9,12-13H,1-4H2,(H,22,23)(H,19,20,21). The average Bonchev–Trinajstić information content (AvgIpc) is 3.04. The van der Waals surface area contributed by atoms with Gasteiger partial charge < -0.3 is 10.4 Å². The van der Waals surface area contributed by atoms with E-state index in [1.54, 1.807) is 0 Å². The summed E-state index contributed by atoms with van der Waals surface area (Å²) in [4.78, 5) is 28.2. The monoisotopic (exact) mass is 408 g/mol. The molecular weight excluding hydrogens is 392 g/mol. The van der Waals surface area contributed by atoms with Crippen LogP contribution in [0.4, 0.5) is 5.13 Å². The summed E-state index contributed by atoms with van der Waals surface area (Å²) in [5, 5.41) is 14.5. The van der Waals surface area contributed by atoms with Gasteiger partial charge in [0.2, 0.25) is 5.91 Å². The van der Waals surface area contributed by atoms with Crippen molar-refractivity contribution in [3.8, 4) is 11.3 Å². The molecule has 1 aliphatic rings. The van der Waals surface area contributed by atoms with E-state index in [9.17, 15) is 14.7 Å². The van der Waals surface area contributed by atoms with E-state index in [4.69, 9.17) is 0 Å². The zero-order chi connectivity index (χ0) is 17.1. The Morgan fingerprint density at radius 2 is 1.83 bits per heavy atom. The summed E-state index contributed by atoms with van der Waals surface area (Å²) >= 11 is 4.74. The van der Waals surface area contributed by atoms with Gasteiger partial charge in [0.15, 0.2) is 5.13 Å². The Hall–Kier alpha value is -1.73. The van der Waals surface area contributed by atoms with Crippen molar-refractivity contribution in [2.75, 3.05) is 5.32 Å². The Balaban J connectivity index is 1.70.